The van der Waals surface area contributed by atoms with Crippen molar-refractivity contribution < 1.29 is 4.79 Å². The third-order valence-corrected chi connectivity index (χ3v) is 3.71. The summed E-state index contributed by atoms with van der Waals surface area (Å²) in [5.41, 5.74) is 4.78. The van der Waals surface area contributed by atoms with Gasteiger partial charge in [-0.2, -0.15) is 5.10 Å². The predicted molar refractivity (Wildman–Crippen MR) is 92.3 cm³/mol. The average Bonchev–Trinajstić information content (AvgIpc) is 2.51. The molecule has 0 saturated heterocycles. The fourth-order valence-electron chi connectivity index (χ4n) is 1.73. The zero-order valence-corrected chi connectivity index (χ0v) is 13.7. The maximum absolute atomic E-state index is 12.0. The number of amides is 1. The lowest BCUT2D eigenvalue weighted by molar-refractivity contribution is 0.0955. The van der Waals surface area contributed by atoms with Crippen LogP contribution in [0.3, 0.4) is 0 Å². The van der Waals surface area contributed by atoms with E-state index in [2.05, 4.69) is 10.5 Å². The molecule has 0 aliphatic heterocycles. The van der Waals surface area contributed by atoms with Crippen molar-refractivity contribution in [1.29, 1.82) is 0 Å². The van der Waals surface area contributed by atoms with Gasteiger partial charge < -0.3 is 4.90 Å². The first kappa shape index (κ1) is 16.3. The Morgan fingerprint density at radius 1 is 1.09 bits per heavy atom. The third kappa shape index (κ3) is 4.23. The van der Waals surface area contributed by atoms with E-state index in [1.807, 2.05) is 31.1 Å². The summed E-state index contributed by atoms with van der Waals surface area (Å²) in [6.45, 7) is 0. The zero-order chi connectivity index (χ0) is 16.1. The van der Waals surface area contributed by atoms with Crippen LogP contribution in [-0.4, -0.2) is 26.2 Å². The van der Waals surface area contributed by atoms with Crippen LogP contribution in [0, 0.1) is 0 Å². The lowest BCUT2D eigenvalue weighted by Gasteiger charge is -2.12. The Morgan fingerprint density at radius 3 is 2.36 bits per heavy atom. The second-order valence-electron chi connectivity index (χ2n) is 4.81. The predicted octanol–water partition coefficient (Wildman–Crippen LogP) is 3.82. The summed E-state index contributed by atoms with van der Waals surface area (Å²) in [6.07, 6.45) is 1.51. The van der Waals surface area contributed by atoms with Crippen molar-refractivity contribution in [2.24, 2.45) is 5.10 Å². The molecule has 0 radical (unpaired) electrons. The summed E-state index contributed by atoms with van der Waals surface area (Å²) in [6, 6.07) is 12.3. The largest absolute Gasteiger partial charge is 0.378 e. The molecular weight excluding hydrogens is 321 g/mol. The highest BCUT2D eigenvalue weighted by Crippen LogP contribution is 2.21. The van der Waals surface area contributed by atoms with Gasteiger partial charge in [-0.1, -0.05) is 29.3 Å². The van der Waals surface area contributed by atoms with Crippen LogP contribution in [0.5, 0.6) is 0 Å². The number of rotatable bonds is 4. The fourth-order valence-corrected chi connectivity index (χ4v) is 2.04. The van der Waals surface area contributed by atoms with Crippen LogP contribution in [0.25, 0.3) is 0 Å². The molecule has 1 amide bonds. The maximum Gasteiger partial charge on any atom is 0.271 e. The normalized spacial score (nSPS) is 10.7. The molecule has 6 heteroatoms. The molecule has 0 fully saturated rings. The number of nitrogens with zero attached hydrogens (tertiary/aromatic N) is 2. The first-order chi connectivity index (χ1) is 10.5. The van der Waals surface area contributed by atoms with E-state index in [-0.39, 0.29) is 5.91 Å². The average molecular weight is 336 g/mol. The number of hydrogen-bond acceptors (Lipinski definition) is 3. The van der Waals surface area contributed by atoms with Crippen molar-refractivity contribution >= 4 is 41.0 Å². The number of carbonyl (C=O) groups is 1. The molecule has 2 aromatic carbocycles. The highest BCUT2D eigenvalue weighted by Gasteiger charge is 2.04. The van der Waals surface area contributed by atoms with Gasteiger partial charge in [0.2, 0.25) is 0 Å². The van der Waals surface area contributed by atoms with E-state index in [0.29, 0.717) is 15.6 Å². The molecule has 0 spiro atoms. The third-order valence-electron chi connectivity index (χ3n) is 2.97. The highest BCUT2D eigenvalue weighted by atomic mass is 35.5. The van der Waals surface area contributed by atoms with E-state index in [1.165, 1.54) is 6.21 Å². The quantitative estimate of drug-likeness (QED) is 0.681. The lowest BCUT2D eigenvalue weighted by Crippen LogP contribution is -2.17. The van der Waals surface area contributed by atoms with Crippen molar-refractivity contribution in [2.45, 2.75) is 0 Å². The van der Waals surface area contributed by atoms with Gasteiger partial charge in [0.1, 0.15) is 0 Å². The summed E-state index contributed by atoms with van der Waals surface area (Å²) in [5, 5.41) is 4.83. The monoisotopic (exact) mass is 335 g/mol. The van der Waals surface area contributed by atoms with Crippen LogP contribution in [0.2, 0.25) is 10.0 Å². The van der Waals surface area contributed by atoms with Crippen LogP contribution in [-0.2, 0) is 0 Å². The Hall–Kier alpha value is -2.04. The molecule has 0 atom stereocenters. The van der Waals surface area contributed by atoms with E-state index in [0.717, 1.165) is 11.3 Å². The van der Waals surface area contributed by atoms with Gasteiger partial charge in [0.05, 0.1) is 16.3 Å². The molecule has 1 N–H and O–H groups in total. The van der Waals surface area contributed by atoms with Crippen LogP contribution >= 0.6 is 23.2 Å². The van der Waals surface area contributed by atoms with Crippen molar-refractivity contribution in [1.82, 2.24) is 5.43 Å². The van der Waals surface area contributed by atoms with Gasteiger partial charge in [0.25, 0.3) is 5.91 Å². The molecule has 0 saturated carbocycles. The molecule has 0 aliphatic carbocycles. The minimum Gasteiger partial charge on any atom is -0.378 e. The highest BCUT2D eigenvalue weighted by molar-refractivity contribution is 6.42. The summed E-state index contributed by atoms with van der Waals surface area (Å²) in [5.74, 6) is -0.276. The molecule has 0 bridgehead atoms. The molecule has 2 rings (SSSR count). The van der Waals surface area contributed by atoms with Gasteiger partial charge in [-0.3, -0.25) is 4.79 Å². The second-order valence-corrected chi connectivity index (χ2v) is 5.63. The van der Waals surface area contributed by atoms with Crippen molar-refractivity contribution in [3.8, 4) is 0 Å². The van der Waals surface area contributed by atoms with E-state index in [4.69, 9.17) is 23.2 Å². The molecule has 0 unspecified atom stereocenters. The smallest absolute Gasteiger partial charge is 0.271 e. The van der Waals surface area contributed by atoms with Crippen molar-refractivity contribution in [3.63, 3.8) is 0 Å². The first-order valence-corrected chi connectivity index (χ1v) is 7.29. The Kier molecular flexibility index (Phi) is 5.41. The summed E-state index contributed by atoms with van der Waals surface area (Å²) >= 11 is 11.7. The van der Waals surface area contributed by atoms with Gasteiger partial charge in [0.15, 0.2) is 0 Å². The molecular formula is C16H15Cl2N3O. The number of halogens is 2. The number of benzene rings is 2. The van der Waals surface area contributed by atoms with Gasteiger partial charge >= 0.3 is 0 Å². The molecule has 0 heterocycles. The number of hydrogen-bond donors (Lipinski definition) is 1. The van der Waals surface area contributed by atoms with Gasteiger partial charge in [0, 0.05) is 25.3 Å². The van der Waals surface area contributed by atoms with E-state index in [9.17, 15) is 4.79 Å². The Morgan fingerprint density at radius 2 is 1.77 bits per heavy atom. The number of carbonyl (C=O) groups excluding carboxylic acids is 1. The Balaban J connectivity index is 1.99. The summed E-state index contributed by atoms with van der Waals surface area (Å²) in [7, 11) is 3.88. The SMILES string of the molecule is CN(C)c1ccc(C(=O)N/N=C\c2ccc(Cl)c(Cl)c2)cc1. The molecule has 0 aliphatic rings. The Labute approximate surface area is 139 Å². The van der Waals surface area contributed by atoms with Crippen molar-refractivity contribution in [3.05, 3.63) is 63.6 Å². The van der Waals surface area contributed by atoms with Crippen LogP contribution in [0.4, 0.5) is 5.69 Å². The molecule has 114 valence electrons. The topological polar surface area (TPSA) is 44.7 Å². The van der Waals surface area contributed by atoms with Gasteiger partial charge in [-0.05, 0) is 42.0 Å². The number of hydrazone groups is 1. The Bertz CT molecular complexity index is 697. The lowest BCUT2D eigenvalue weighted by atomic mass is 10.2. The molecule has 0 aromatic heterocycles. The number of nitrogens with one attached hydrogen (secondary N) is 1. The minimum absolute atomic E-state index is 0.276. The first-order valence-electron chi connectivity index (χ1n) is 6.53. The molecule has 2 aromatic rings. The van der Waals surface area contributed by atoms with Gasteiger partial charge in [-0.15, -0.1) is 0 Å². The van der Waals surface area contributed by atoms with Crippen molar-refractivity contribution in [2.75, 3.05) is 19.0 Å². The minimum atomic E-state index is -0.276. The zero-order valence-electron chi connectivity index (χ0n) is 12.2. The van der Waals surface area contributed by atoms with Crippen LogP contribution in [0.1, 0.15) is 15.9 Å². The van der Waals surface area contributed by atoms with E-state index >= 15 is 0 Å². The standard InChI is InChI=1S/C16H15Cl2N3O/c1-21(2)13-6-4-12(5-7-13)16(22)20-19-10-11-3-8-14(17)15(18)9-11/h3-10H,1-2H3,(H,20,22)/b19-10-. The number of anilines is 1. The molecule has 22 heavy (non-hydrogen) atoms. The van der Waals surface area contributed by atoms with E-state index in [1.54, 1.807) is 30.3 Å². The summed E-state index contributed by atoms with van der Waals surface area (Å²) < 4.78 is 0. The second kappa shape index (κ2) is 7.29. The van der Waals surface area contributed by atoms with Crippen LogP contribution < -0.4 is 10.3 Å². The van der Waals surface area contributed by atoms with Gasteiger partial charge in [-0.25, -0.2) is 5.43 Å². The fraction of sp³-hybridized carbons (Fsp3) is 0.125. The maximum atomic E-state index is 12.0. The summed E-state index contributed by atoms with van der Waals surface area (Å²) in [4.78, 5) is 13.9. The van der Waals surface area contributed by atoms with E-state index < -0.39 is 0 Å². The molecule has 4 nitrogen and oxygen atoms in total. The van der Waals surface area contributed by atoms with Crippen LogP contribution in [0.15, 0.2) is 47.6 Å².